The molecule has 1 aliphatic rings. The van der Waals surface area contributed by atoms with Gasteiger partial charge >= 0.3 is 0 Å². The highest BCUT2D eigenvalue weighted by molar-refractivity contribution is 4.93. The van der Waals surface area contributed by atoms with Gasteiger partial charge in [-0.25, -0.2) is 0 Å². The van der Waals surface area contributed by atoms with Crippen LogP contribution in [0.3, 0.4) is 0 Å². The van der Waals surface area contributed by atoms with Gasteiger partial charge in [-0.15, -0.1) is 6.58 Å². The van der Waals surface area contributed by atoms with Gasteiger partial charge in [0.2, 0.25) is 0 Å². The van der Waals surface area contributed by atoms with E-state index in [1.54, 1.807) is 0 Å². The Labute approximate surface area is 50.3 Å². The molecule has 0 aromatic heterocycles. The molecule has 0 N–H and O–H groups in total. The number of epoxide rings is 1. The molecular weight excluding hydrogens is 100 g/mol. The molecule has 0 aliphatic carbocycles. The Morgan fingerprint density at radius 1 is 1.75 bits per heavy atom. The molecule has 1 saturated heterocycles. The van der Waals surface area contributed by atoms with Crippen LogP contribution in [-0.4, -0.2) is 12.2 Å². The molecule has 46 valence electrons. The van der Waals surface area contributed by atoms with Crippen LogP contribution in [0, 0.1) is 5.92 Å². The summed E-state index contributed by atoms with van der Waals surface area (Å²) < 4.78 is 5.20. The van der Waals surface area contributed by atoms with Gasteiger partial charge in [-0.1, -0.05) is 13.0 Å². The van der Waals surface area contributed by atoms with E-state index in [9.17, 15) is 0 Å². The van der Waals surface area contributed by atoms with Gasteiger partial charge in [0.15, 0.2) is 0 Å². The first-order valence-corrected chi connectivity index (χ1v) is 3.03. The normalized spacial score (nSPS) is 38.8. The van der Waals surface area contributed by atoms with E-state index < -0.39 is 0 Å². The van der Waals surface area contributed by atoms with Crippen molar-refractivity contribution in [2.45, 2.75) is 26.1 Å². The minimum Gasteiger partial charge on any atom is -0.369 e. The lowest BCUT2D eigenvalue weighted by molar-refractivity contribution is 0.352. The zero-order valence-electron chi connectivity index (χ0n) is 5.42. The Balaban J connectivity index is 2.27. The first-order valence-electron chi connectivity index (χ1n) is 3.03. The summed E-state index contributed by atoms with van der Waals surface area (Å²) in [6.07, 6.45) is 2.88. The molecule has 0 radical (unpaired) electrons. The molecule has 1 nitrogen and oxygen atoms in total. The van der Waals surface area contributed by atoms with Crippen molar-refractivity contribution < 1.29 is 4.74 Å². The molecule has 1 aliphatic heterocycles. The third kappa shape index (κ3) is 0.920. The van der Waals surface area contributed by atoms with Crippen molar-refractivity contribution in [1.29, 1.82) is 0 Å². The van der Waals surface area contributed by atoms with E-state index in [1.807, 2.05) is 6.08 Å². The summed E-state index contributed by atoms with van der Waals surface area (Å²) >= 11 is 0. The maximum atomic E-state index is 5.20. The Bertz CT molecular complexity index is 98.6. The van der Waals surface area contributed by atoms with Crippen molar-refractivity contribution >= 4 is 0 Å². The highest BCUT2D eigenvalue weighted by Gasteiger charge is 2.37. The van der Waals surface area contributed by atoms with Crippen LogP contribution in [0.4, 0.5) is 0 Å². The third-order valence-electron chi connectivity index (χ3n) is 1.65. The Kier molecular flexibility index (Phi) is 1.39. The summed E-state index contributed by atoms with van der Waals surface area (Å²) in [5.41, 5.74) is 0. The molecule has 0 amide bonds. The smallest absolute Gasteiger partial charge is 0.0898 e. The average molecular weight is 112 g/mol. The third-order valence-corrected chi connectivity index (χ3v) is 1.65. The number of rotatable bonds is 2. The van der Waals surface area contributed by atoms with Crippen LogP contribution < -0.4 is 0 Å². The van der Waals surface area contributed by atoms with Gasteiger partial charge in [0.05, 0.1) is 12.2 Å². The van der Waals surface area contributed by atoms with Crippen molar-refractivity contribution in [3.8, 4) is 0 Å². The van der Waals surface area contributed by atoms with Crippen molar-refractivity contribution in [1.82, 2.24) is 0 Å². The minimum atomic E-state index is 0.465. The summed E-state index contributed by atoms with van der Waals surface area (Å²) in [6, 6.07) is 0. The standard InChI is InChI=1S/C7H12O/c1-4-5(2)7-6(3)8-7/h4-7H,1H2,2-3H3. The fourth-order valence-corrected chi connectivity index (χ4v) is 0.888. The molecule has 3 unspecified atom stereocenters. The fourth-order valence-electron chi connectivity index (χ4n) is 0.888. The van der Waals surface area contributed by atoms with Crippen molar-refractivity contribution in [3.05, 3.63) is 12.7 Å². The van der Waals surface area contributed by atoms with Gasteiger partial charge in [0.25, 0.3) is 0 Å². The predicted octanol–water partition coefficient (Wildman–Crippen LogP) is 1.60. The topological polar surface area (TPSA) is 12.5 Å². The summed E-state index contributed by atoms with van der Waals surface area (Å²) in [5.74, 6) is 0.532. The first kappa shape index (κ1) is 5.83. The second-order valence-corrected chi connectivity index (χ2v) is 2.40. The lowest BCUT2D eigenvalue weighted by Crippen LogP contribution is -2.00. The molecule has 0 bridgehead atoms. The molecule has 1 rings (SSSR count). The highest BCUT2D eigenvalue weighted by Crippen LogP contribution is 2.28. The van der Waals surface area contributed by atoms with Crippen LogP contribution in [0.5, 0.6) is 0 Å². The molecule has 0 aromatic rings. The van der Waals surface area contributed by atoms with Gasteiger partial charge in [-0.3, -0.25) is 0 Å². The van der Waals surface area contributed by atoms with E-state index in [0.29, 0.717) is 18.1 Å². The largest absolute Gasteiger partial charge is 0.369 e. The first-order chi connectivity index (χ1) is 3.75. The van der Waals surface area contributed by atoms with E-state index in [1.165, 1.54) is 0 Å². The van der Waals surface area contributed by atoms with Gasteiger partial charge in [0, 0.05) is 5.92 Å². The number of ether oxygens (including phenoxy) is 1. The summed E-state index contributed by atoms with van der Waals surface area (Å²) in [5, 5.41) is 0. The van der Waals surface area contributed by atoms with Crippen LogP contribution >= 0.6 is 0 Å². The van der Waals surface area contributed by atoms with Crippen molar-refractivity contribution in [2.24, 2.45) is 5.92 Å². The van der Waals surface area contributed by atoms with Crippen molar-refractivity contribution in [2.75, 3.05) is 0 Å². The Hall–Kier alpha value is -0.300. The minimum absolute atomic E-state index is 0.465. The van der Waals surface area contributed by atoms with E-state index in [4.69, 9.17) is 4.74 Å². The maximum Gasteiger partial charge on any atom is 0.0898 e. The van der Waals surface area contributed by atoms with Gasteiger partial charge in [-0.2, -0.15) is 0 Å². The Morgan fingerprint density at radius 2 is 2.25 bits per heavy atom. The zero-order valence-corrected chi connectivity index (χ0v) is 5.42. The van der Waals surface area contributed by atoms with Crippen LogP contribution in [0.1, 0.15) is 13.8 Å². The molecule has 0 saturated carbocycles. The SMILES string of the molecule is C=CC(C)C1OC1C. The zero-order chi connectivity index (χ0) is 6.15. The molecule has 1 heterocycles. The van der Waals surface area contributed by atoms with E-state index in [2.05, 4.69) is 20.4 Å². The van der Waals surface area contributed by atoms with E-state index in [0.717, 1.165) is 0 Å². The van der Waals surface area contributed by atoms with Crippen molar-refractivity contribution in [3.63, 3.8) is 0 Å². The van der Waals surface area contributed by atoms with Gasteiger partial charge in [0.1, 0.15) is 0 Å². The molecule has 8 heavy (non-hydrogen) atoms. The molecule has 3 atom stereocenters. The van der Waals surface area contributed by atoms with Gasteiger partial charge in [-0.05, 0) is 6.92 Å². The monoisotopic (exact) mass is 112 g/mol. The second kappa shape index (κ2) is 1.90. The van der Waals surface area contributed by atoms with Crippen LogP contribution in [0.2, 0.25) is 0 Å². The average Bonchev–Trinajstić information content (AvgIpc) is 2.45. The van der Waals surface area contributed by atoms with Gasteiger partial charge < -0.3 is 4.74 Å². The predicted molar refractivity (Wildman–Crippen MR) is 33.7 cm³/mol. The second-order valence-electron chi connectivity index (χ2n) is 2.40. The van der Waals surface area contributed by atoms with Crippen LogP contribution in [0.15, 0.2) is 12.7 Å². The lowest BCUT2D eigenvalue weighted by atomic mass is 10.1. The van der Waals surface area contributed by atoms with Crippen LogP contribution in [-0.2, 0) is 4.74 Å². The molecule has 1 fully saturated rings. The number of hydrogen-bond donors (Lipinski definition) is 0. The summed E-state index contributed by atoms with van der Waals surface area (Å²) in [7, 11) is 0. The molecule has 0 aromatic carbocycles. The quantitative estimate of drug-likeness (QED) is 0.390. The highest BCUT2D eigenvalue weighted by atomic mass is 16.6. The molecule has 1 heteroatoms. The lowest BCUT2D eigenvalue weighted by Gasteiger charge is -1.95. The molecular formula is C7H12O. The number of hydrogen-bond acceptors (Lipinski definition) is 1. The van der Waals surface area contributed by atoms with E-state index in [-0.39, 0.29) is 0 Å². The van der Waals surface area contributed by atoms with Crippen LogP contribution in [0.25, 0.3) is 0 Å². The summed E-state index contributed by atoms with van der Waals surface area (Å²) in [6.45, 7) is 7.89. The fraction of sp³-hybridized carbons (Fsp3) is 0.714. The Morgan fingerprint density at radius 3 is 2.38 bits per heavy atom. The summed E-state index contributed by atoms with van der Waals surface area (Å²) in [4.78, 5) is 0. The van der Waals surface area contributed by atoms with E-state index >= 15 is 0 Å². The maximum absolute atomic E-state index is 5.20. The molecule has 0 spiro atoms.